The molecule has 1 aromatic heterocycles. The van der Waals surface area contributed by atoms with Gasteiger partial charge in [0, 0.05) is 38.1 Å². The summed E-state index contributed by atoms with van der Waals surface area (Å²) in [6.07, 6.45) is 6.02. The maximum Gasteiger partial charge on any atom is 0.315 e. The van der Waals surface area contributed by atoms with Gasteiger partial charge in [-0.1, -0.05) is 30.3 Å². The molecule has 3 rings (SSSR count). The van der Waals surface area contributed by atoms with Gasteiger partial charge in [0.05, 0.1) is 6.54 Å². The van der Waals surface area contributed by atoms with Gasteiger partial charge in [-0.25, -0.2) is 4.79 Å². The van der Waals surface area contributed by atoms with Crippen molar-refractivity contribution in [3.63, 3.8) is 0 Å². The third kappa shape index (κ3) is 5.88. The molecule has 2 aromatic rings. The minimum atomic E-state index is -0.0927. The van der Waals surface area contributed by atoms with Crippen LogP contribution in [0.25, 0.3) is 0 Å². The zero-order valence-electron chi connectivity index (χ0n) is 15.5. The Morgan fingerprint density at radius 1 is 1.31 bits per heavy atom. The Hall–Kier alpha value is -2.34. The van der Waals surface area contributed by atoms with Crippen molar-refractivity contribution < 1.29 is 4.79 Å². The van der Waals surface area contributed by atoms with Crippen LogP contribution in [0.15, 0.2) is 48.8 Å². The van der Waals surface area contributed by atoms with E-state index in [1.165, 1.54) is 18.4 Å². The topological polar surface area (TPSA) is 62.2 Å². The molecule has 26 heavy (non-hydrogen) atoms. The van der Waals surface area contributed by atoms with E-state index in [1.54, 1.807) is 6.20 Å². The van der Waals surface area contributed by atoms with E-state index >= 15 is 0 Å². The highest BCUT2D eigenvalue weighted by Gasteiger charge is 2.20. The van der Waals surface area contributed by atoms with Crippen LogP contribution in [0.2, 0.25) is 0 Å². The fraction of sp³-hybridized carbons (Fsp3) is 0.500. The molecule has 2 N–H and O–H groups in total. The molecule has 1 aromatic carbocycles. The number of rotatable bonds is 7. The fourth-order valence-electron chi connectivity index (χ4n) is 3.55. The Balaban J connectivity index is 1.37. The van der Waals surface area contributed by atoms with E-state index in [0.717, 1.165) is 26.2 Å². The Labute approximate surface area is 155 Å². The second kappa shape index (κ2) is 9.38. The maximum atomic E-state index is 12.1. The SMILES string of the molecule is CC(Cn1cccn1)NC(=O)NCC1CCCN(Cc2ccccc2)C1. The van der Waals surface area contributed by atoms with Gasteiger partial charge in [-0.2, -0.15) is 5.10 Å². The van der Waals surface area contributed by atoms with Crippen molar-refractivity contribution in [1.82, 2.24) is 25.3 Å². The van der Waals surface area contributed by atoms with Crippen molar-refractivity contribution in [3.05, 3.63) is 54.4 Å². The summed E-state index contributed by atoms with van der Waals surface area (Å²) in [6.45, 7) is 6.56. The minimum absolute atomic E-state index is 0.0378. The third-order valence-electron chi connectivity index (χ3n) is 4.80. The van der Waals surface area contributed by atoms with Crippen molar-refractivity contribution in [2.75, 3.05) is 19.6 Å². The van der Waals surface area contributed by atoms with Gasteiger partial charge in [0.2, 0.25) is 0 Å². The number of carbonyl (C=O) groups is 1. The standard InChI is InChI=1S/C20H29N5O/c1-17(14-25-12-6-10-22-25)23-20(26)21-13-19-9-5-11-24(16-19)15-18-7-3-2-4-8-18/h2-4,6-8,10,12,17,19H,5,9,11,13-16H2,1H3,(H2,21,23,26). The molecule has 1 aliphatic heterocycles. The molecular weight excluding hydrogens is 326 g/mol. The average Bonchev–Trinajstić information content (AvgIpc) is 3.14. The minimum Gasteiger partial charge on any atom is -0.338 e. The van der Waals surface area contributed by atoms with Crippen LogP contribution < -0.4 is 10.6 Å². The number of piperidine rings is 1. The lowest BCUT2D eigenvalue weighted by Gasteiger charge is -2.33. The summed E-state index contributed by atoms with van der Waals surface area (Å²) >= 11 is 0. The van der Waals surface area contributed by atoms with E-state index in [9.17, 15) is 4.79 Å². The molecule has 2 heterocycles. The van der Waals surface area contributed by atoms with Crippen molar-refractivity contribution in [2.45, 2.75) is 38.9 Å². The van der Waals surface area contributed by atoms with Crippen LogP contribution in [0.5, 0.6) is 0 Å². The molecule has 1 fully saturated rings. The van der Waals surface area contributed by atoms with E-state index < -0.39 is 0 Å². The lowest BCUT2D eigenvalue weighted by molar-refractivity contribution is 0.165. The highest BCUT2D eigenvalue weighted by Crippen LogP contribution is 2.18. The van der Waals surface area contributed by atoms with Crippen molar-refractivity contribution >= 4 is 6.03 Å². The highest BCUT2D eigenvalue weighted by atomic mass is 16.2. The lowest BCUT2D eigenvalue weighted by atomic mass is 9.97. The molecular formula is C20H29N5O. The first-order chi connectivity index (χ1) is 12.7. The number of amides is 2. The second-order valence-corrected chi connectivity index (χ2v) is 7.21. The van der Waals surface area contributed by atoms with Crippen LogP contribution in [0.3, 0.4) is 0 Å². The summed E-state index contributed by atoms with van der Waals surface area (Å²) in [5.74, 6) is 0.514. The molecule has 1 aliphatic rings. The first-order valence-corrected chi connectivity index (χ1v) is 9.47. The summed E-state index contributed by atoms with van der Waals surface area (Å²) in [6, 6.07) is 12.4. The molecule has 0 radical (unpaired) electrons. The zero-order chi connectivity index (χ0) is 18.2. The number of carbonyl (C=O) groups excluding carboxylic acids is 1. The Morgan fingerprint density at radius 3 is 2.92 bits per heavy atom. The van der Waals surface area contributed by atoms with Gasteiger partial charge in [-0.15, -0.1) is 0 Å². The van der Waals surface area contributed by atoms with Crippen molar-refractivity contribution in [3.8, 4) is 0 Å². The van der Waals surface area contributed by atoms with Gasteiger partial charge < -0.3 is 10.6 Å². The quantitative estimate of drug-likeness (QED) is 0.802. The molecule has 0 aliphatic carbocycles. The van der Waals surface area contributed by atoms with Gasteiger partial charge in [0.1, 0.15) is 0 Å². The number of nitrogens with one attached hydrogen (secondary N) is 2. The van der Waals surface area contributed by atoms with Gasteiger partial charge in [-0.05, 0) is 43.9 Å². The number of hydrogen-bond donors (Lipinski definition) is 2. The van der Waals surface area contributed by atoms with Crippen molar-refractivity contribution in [2.24, 2.45) is 5.92 Å². The van der Waals surface area contributed by atoms with Gasteiger partial charge in [-0.3, -0.25) is 9.58 Å². The largest absolute Gasteiger partial charge is 0.338 e. The third-order valence-corrected chi connectivity index (χ3v) is 4.80. The van der Waals surface area contributed by atoms with Crippen molar-refractivity contribution in [1.29, 1.82) is 0 Å². The first kappa shape index (κ1) is 18.5. The molecule has 6 nitrogen and oxygen atoms in total. The smallest absolute Gasteiger partial charge is 0.315 e. The highest BCUT2D eigenvalue weighted by molar-refractivity contribution is 5.74. The van der Waals surface area contributed by atoms with E-state index in [-0.39, 0.29) is 12.1 Å². The summed E-state index contributed by atoms with van der Waals surface area (Å²) in [5.41, 5.74) is 1.35. The van der Waals surface area contributed by atoms with Crippen LogP contribution in [-0.4, -0.2) is 46.4 Å². The first-order valence-electron chi connectivity index (χ1n) is 9.47. The molecule has 0 bridgehead atoms. The van der Waals surface area contributed by atoms with E-state index in [1.807, 2.05) is 23.9 Å². The Kier molecular flexibility index (Phi) is 6.66. The molecule has 2 unspecified atom stereocenters. The van der Waals surface area contributed by atoms with Crippen LogP contribution in [0.4, 0.5) is 4.79 Å². The summed E-state index contributed by atoms with van der Waals surface area (Å²) < 4.78 is 1.83. The predicted molar refractivity (Wildman–Crippen MR) is 103 cm³/mol. The summed E-state index contributed by atoms with van der Waals surface area (Å²) in [4.78, 5) is 14.6. The monoisotopic (exact) mass is 355 g/mol. The normalized spacial score (nSPS) is 19.0. The number of likely N-dealkylation sites (tertiary alicyclic amines) is 1. The fourth-order valence-corrected chi connectivity index (χ4v) is 3.55. The molecule has 0 spiro atoms. The average molecular weight is 355 g/mol. The number of hydrogen-bond acceptors (Lipinski definition) is 3. The number of nitrogens with zero attached hydrogens (tertiary/aromatic N) is 3. The summed E-state index contributed by atoms with van der Waals surface area (Å²) in [7, 11) is 0. The zero-order valence-corrected chi connectivity index (χ0v) is 15.5. The summed E-state index contributed by atoms with van der Waals surface area (Å²) in [5, 5.41) is 10.2. The number of aromatic nitrogens is 2. The number of benzene rings is 1. The molecule has 2 amide bonds. The van der Waals surface area contributed by atoms with Crippen LogP contribution in [0, 0.1) is 5.92 Å². The molecule has 0 saturated carbocycles. The molecule has 140 valence electrons. The van der Waals surface area contributed by atoms with Gasteiger partial charge in [0.15, 0.2) is 0 Å². The number of urea groups is 1. The maximum absolute atomic E-state index is 12.1. The van der Waals surface area contributed by atoms with E-state index in [4.69, 9.17) is 0 Å². The predicted octanol–water partition coefficient (Wildman–Crippen LogP) is 2.48. The van der Waals surface area contributed by atoms with Gasteiger partial charge >= 0.3 is 6.03 Å². The lowest BCUT2D eigenvalue weighted by Crippen LogP contribution is -2.46. The van der Waals surface area contributed by atoms with Crippen LogP contribution in [-0.2, 0) is 13.1 Å². The van der Waals surface area contributed by atoms with Gasteiger partial charge in [0.25, 0.3) is 0 Å². The van der Waals surface area contributed by atoms with E-state index in [2.05, 4.69) is 51.0 Å². The Morgan fingerprint density at radius 2 is 2.15 bits per heavy atom. The molecule has 6 heteroatoms. The second-order valence-electron chi connectivity index (χ2n) is 7.21. The molecule has 1 saturated heterocycles. The Bertz CT molecular complexity index is 658. The molecule has 2 atom stereocenters. The van der Waals surface area contributed by atoms with Crippen LogP contribution in [0.1, 0.15) is 25.3 Å². The van der Waals surface area contributed by atoms with Crippen LogP contribution >= 0.6 is 0 Å². The van der Waals surface area contributed by atoms with E-state index in [0.29, 0.717) is 12.5 Å².